The molecule has 1 rings (SSSR count). The van der Waals surface area contributed by atoms with Gasteiger partial charge in [0.05, 0.1) is 6.10 Å². The number of rotatable bonds is 9. The molecule has 1 aliphatic carbocycles. The molecule has 5 heteroatoms. The van der Waals surface area contributed by atoms with Crippen LogP contribution in [0.25, 0.3) is 0 Å². The van der Waals surface area contributed by atoms with Crippen molar-refractivity contribution in [1.82, 2.24) is 0 Å². The number of allylic oxidation sites excluding steroid dienone is 2. The fourth-order valence-electron chi connectivity index (χ4n) is 2.67. The molecule has 1 aliphatic rings. The summed E-state index contributed by atoms with van der Waals surface area (Å²) in [5, 5.41) is 19.0. The van der Waals surface area contributed by atoms with Gasteiger partial charge in [0.25, 0.3) is 0 Å². The van der Waals surface area contributed by atoms with Gasteiger partial charge in [-0.05, 0) is 31.6 Å². The van der Waals surface area contributed by atoms with Crippen LogP contribution in [0.5, 0.6) is 0 Å². The van der Waals surface area contributed by atoms with Crippen LogP contribution >= 0.6 is 11.6 Å². The van der Waals surface area contributed by atoms with Crippen molar-refractivity contribution in [2.45, 2.75) is 43.6 Å². The van der Waals surface area contributed by atoms with E-state index < -0.39 is 6.10 Å². The fraction of sp³-hybridized carbons (Fsp3) is 0.688. The highest BCUT2D eigenvalue weighted by Gasteiger charge is 2.40. The Morgan fingerprint density at radius 2 is 2.14 bits per heavy atom. The van der Waals surface area contributed by atoms with Crippen LogP contribution < -0.4 is 0 Å². The van der Waals surface area contributed by atoms with Gasteiger partial charge in [-0.1, -0.05) is 24.8 Å². The second-order valence-electron chi connectivity index (χ2n) is 5.40. The van der Waals surface area contributed by atoms with E-state index in [1.54, 1.807) is 6.08 Å². The second kappa shape index (κ2) is 9.98. The molecule has 1 fully saturated rings. The van der Waals surface area contributed by atoms with Gasteiger partial charge in [-0.2, -0.15) is 0 Å². The molecule has 0 aromatic heterocycles. The van der Waals surface area contributed by atoms with E-state index in [4.69, 9.17) is 16.3 Å². The first-order valence-corrected chi connectivity index (χ1v) is 7.88. The largest absolute Gasteiger partial charge is 0.461 e. The molecule has 0 spiro atoms. The summed E-state index contributed by atoms with van der Waals surface area (Å²) < 4.78 is 4.88. The zero-order chi connectivity index (χ0) is 15.7. The predicted molar refractivity (Wildman–Crippen MR) is 83.1 cm³/mol. The smallest absolute Gasteiger partial charge is 0.306 e. The van der Waals surface area contributed by atoms with Crippen LogP contribution in [0.3, 0.4) is 0 Å². The first-order valence-electron chi connectivity index (χ1n) is 7.44. The lowest BCUT2D eigenvalue weighted by atomic mass is 9.92. The zero-order valence-corrected chi connectivity index (χ0v) is 13.0. The van der Waals surface area contributed by atoms with Crippen LogP contribution in [0, 0.1) is 11.8 Å². The molecule has 0 aromatic carbocycles. The molecule has 0 aliphatic heterocycles. The molecule has 2 N–H and O–H groups in total. The topological polar surface area (TPSA) is 66.8 Å². The quantitative estimate of drug-likeness (QED) is 0.297. The first kappa shape index (κ1) is 18.2. The highest BCUT2D eigenvalue weighted by atomic mass is 35.5. The summed E-state index contributed by atoms with van der Waals surface area (Å²) in [5.74, 6) is -0.227. The van der Waals surface area contributed by atoms with Crippen molar-refractivity contribution in [3.63, 3.8) is 0 Å². The molecule has 4 atom stereocenters. The lowest BCUT2D eigenvalue weighted by molar-refractivity contribution is -0.142. The number of ether oxygens (including phenoxy) is 1. The maximum absolute atomic E-state index is 11.2. The molecule has 0 bridgehead atoms. The lowest BCUT2D eigenvalue weighted by Crippen LogP contribution is -2.23. The van der Waals surface area contributed by atoms with E-state index in [-0.39, 0.29) is 36.4 Å². The normalized spacial score (nSPS) is 28.9. The molecule has 0 aromatic rings. The van der Waals surface area contributed by atoms with Crippen molar-refractivity contribution < 1.29 is 19.7 Å². The van der Waals surface area contributed by atoms with Crippen molar-refractivity contribution in [2.75, 3.05) is 13.2 Å². The van der Waals surface area contributed by atoms with Crippen molar-refractivity contribution in [3.05, 3.63) is 24.8 Å². The number of hydrogen-bond donors (Lipinski definition) is 2. The van der Waals surface area contributed by atoms with Crippen molar-refractivity contribution in [2.24, 2.45) is 11.8 Å². The second-order valence-corrected chi connectivity index (χ2v) is 5.96. The van der Waals surface area contributed by atoms with Crippen molar-refractivity contribution >= 4 is 17.6 Å². The van der Waals surface area contributed by atoms with Gasteiger partial charge in [0.1, 0.15) is 6.61 Å². The summed E-state index contributed by atoms with van der Waals surface area (Å²) >= 11 is 6.20. The Morgan fingerprint density at radius 3 is 2.81 bits per heavy atom. The molecular formula is C16H25ClO4. The van der Waals surface area contributed by atoms with E-state index in [0.29, 0.717) is 12.8 Å². The summed E-state index contributed by atoms with van der Waals surface area (Å²) in [6.07, 6.45) is 8.32. The SMILES string of the molecule is C=CCOC(=O)CCCC=CC[C@@H]1[C@@H](CO)[C@H](O)C[C@H]1Cl. The Balaban J connectivity index is 2.19. The van der Waals surface area contributed by atoms with Crippen molar-refractivity contribution in [1.29, 1.82) is 0 Å². The summed E-state index contributed by atoms with van der Waals surface area (Å²) in [6.45, 7) is 3.71. The number of aliphatic hydroxyl groups excluding tert-OH is 2. The van der Waals surface area contributed by atoms with Gasteiger partial charge in [-0.3, -0.25) is 4.79 Å². The van der Waals surface area contributed by atoms with Gasteiger partial charge in [0, 0.05) is 24.3 Å². The van der Waals surface area contributed by atoms with Crippen LogP contribution in [0.1, 0.15) is 32.1 Å². The van der Waals surface area contributed by atoms with E-state index >= 15 is 0 Å². The number of aliphatic hydroxyl groups is 2. The maximum Gasteiger partial charge on any atom is 0.306 e. The average Bonchev–Trinajstić information content (AvgIpc) is 2.73. The Bertz CT molecular complexity index is 356. The molecule has 0 unspecified atom stereocenters. The molecule has 0 radical (unpaired) electrons. The minimum absolute atomic E-state index is 0.0297. The number of alkyl halides is 1. The van der Waals surface area contributed by atoms with Crippen molar-refractivity contribution in [3.8, 4) is 0 Å². The molecule has 0 amide bonds. The Kier molecular flexibility index (Phi) is 8.66. The molecule has 1 saturated carbocycles. The van der Waals surface area contributed by atoms with Crippen LogP contribution in [-0.4, -0.2) is 40.9 Å². The predicted octanol–water partition coefficient (Wildman–Crippen LogP) is 2.43. The van der Waals surface area contributed by atoms with Gasteiger partial charge in [0.15, 0.2) is 0 Å². The number of halogens is 1. The van der Waals surface area contributed by atoms with E-state index in [9.17, 15) is 15.0 Å². The van der Waals surface area contributed by atoms with Crippen LogP contribution in [0.2, 0.25) is 0 Å². The van der Waals surface area contributed by atoms with Gasteiger partial charge >= 0.3 is 5.97 Å². The summed E-state index contributed by atoms with van der Waals surface area (Å²) in [5.41, 5.74) is 0. The molecule has 4 nitrogen and oxygen atoms in total. The molecule has 0 saturated heterocycles. The van der Waals surface area contributed by atoms with E-state index in [0.717, 1.165) is 19.3 Å². The van der Waals surface area contributed by atoms with E-state index in [2.05, 4.69) is 6.58 Å². The Morgan fingerprint density at radius 1 is 1.38 bits per heavy atom. The van der Waals surface area contributed by atoms with Gasteiger partial charge in [0.2, 0.25) is 0 Å². The average molecular weight is 317 g/mol. The third-order valence-electron chi connectivity index (χ3n) is 3.88. The van der Waals surface area contributed by atoms with Gasteiger partial charge < -0.3 is 14.9 Å². The summed E-state index contributed by atoms with van der Waals surface area (Å²) in [6, 6.07) is 0. The lowest BCUT2D eigenvalue weighted by Gasteiger charge is -2.19. The highest BCUT2D eigenvalue weighted by Crippen LogP contribution is 2.38. The maximum atomic E-state index is 11.2. The van der Waals surface area contributed by atoms with Crippen LogP contribution in [-0.2, 0) is 9.53 Å². The molecule has 120 valence electrons. The minimum Gasteiger partial charge on any atom is -0.461 e. The van der Waals surface area contributed by atoms with E-state index in [1.807, 2.05) is 12.2 Å². The number of hydrogen-bond acceptors (Lipinski definition) is 4. The first-order chi connectivity index (χ1) is 10.1. The number of carbonyl (C=O) groups excluding carboxylic acids is 1. The number of unbranched alkanes of at least 4 members (excludes halogenated alkanes) is 1. The summed E-state index contributed by atoms with van der Waals surface area (Å²) in [4.78, 5) is 11.2. The number of carbonyl (C=O) groups is 1. The van der Waals surface area contributed by atoms with E-state index in [1.165, 1.54) is 0 Å². The zero-order valence-electron chi connectivity index (χ0n) is 12.3. The third-order valence-corrected chi connectivity index (χ3v) is 4.38. The van der Waals surface area contributed by atoms with Crippen LogP contribution in [0.4, 0.5) is 0 Å². The molecular weight excluding hydrogens is 292 g/mol. The minimum atomic E-state index is -0.504. The summed E-state index contributed by atoms with van der Waals surface area (Å²) in [7, 11) is 0. The van der Waals surface area contributed by atoms with Gasteiger partial charge in [-0.25, -0.2) is 0 Å². The highest BCUT2D eigenvalue weighted by molar-refractivity contribution is 6.21. The van der Waals surface area contributed by atoms with Crippen LogP contribution in [0.15, 0.2) is 24.8 Å². The molecule has 0 heterocycles. The van der Waals surface area contributed by atoms with Gasteiger partial charge in [-0.15, -0.1) is 11.6 Å². The standard InChI is InChI=1S/C16H25ClO4/c1-2-9-21-16(20)8-6-4-3-5-7-12-13(11-18)15(19)10-14(12)17/h2-3,5,12-15,18-19H,1,4,6-11H2/t12-,13-,14-,15-/m1/s1. The Labute approximate surface area is 131 Å². The monoisotopic (exact) mass is 316 g/mol. The number of esters is 1. The third kappa shape index (κ3) is 6.20. The fourth-order valence-corrected chi connectivity index (χ4v) is 3.15. The Hall–Kier alpha value is -0.840. The molecule has 21 heavy (non-hydrogen) atoms.